The molecule has 3 aromatic carbocycles. The van der Waals surface area contributed by atoms with Crippen LogP contribution in [0.25, 0.3) is 0 Å². The third-order valence-electron chi connectivity index (χ3n) is 6.86. The van der Waals surface area contributed by atoms with Crippen molar-refractivity contribution in [3.8, 4) is 0 Å². The third-order valence-corrected chi connectivity index (χ3v) is 9.37. The molecule has 2 amide bonds. The SMILES string of the molecule is C[C@H](C(=O)NC1CCCC1)N(Cc1ccc(F)cc1)C(=O)CN(c1ccc(I)cc1)S(=O)(=O)c1ccccc1. The second-order valence-electron chi connectivity index (χ2n) is 9.62. The Morgan fingerprint density at radius 1 is 0.974 bits per heavy atom. The third kappa shape index (κ3) is 7.36. The summed E-state index contributed by atoms with van der Waals surface area (Å²) in [7, 11) is -4.11. The average Bonchev–Trinajstić information content (AvgIpc) is 3.45. The van der Waals surface area contributed by atoms with E-state index < -0.39 is 34.3 Å². The van der Waals surface area contributed by atoms with Crippen LogP contribution in [0.4, 0.5) is 10.1 Å². The molecule has 7 nitrogen and oxygen atoms in total. The monoisotopic (exact) mass is 663 g/mol. The van der Waals surface area contributed by atoms with Crippen LogP contribution in [0, 0.1) is 9.39 Å². The average molecular weight is 664 g/mol. The molecule has 0 heterocycles. The minimum atomic E-state index is -4.11. The van der Waals surface area contributed by atoms with Gasteiger partial charge in [0, 0.05) is 16.2 Å². The Kier molecular flexibility index (Phi) is 9.60. The first-order valence-electron chi connectivity index (χ1n) is 12.8. The van der Waals surface area contributed by atoms with Crippen LogP contribution in [0.3, 0.4) is 0 Å². The van der Waals surface area contributed by atoms with Crippen LogP contribution in [-0.2, 0) is 26.2 Å². The molecule has 3 aromatic rings. The summed E-state index contributed by atoms with van der Waals surface area (Å²) in [6.07, 6.45) is 3.86. The summed E-state index contributed by atoms with van der Waals surface area (Å²) in [6, 6.07) is 19.6. The van der Waals surface area contributed by atoms with E-state index in [0.717, 1.165) is 33.6 Å². The molecule has 0 bridgehead atoms. The van der Waals surface area contributed by atoms with Crippen LogP contribution in [0.2, 0.25) is 0 Å². The number of amides is 2. The Morgan fingerprint density at radius 3 is 2.21 bits per heavy atom. The maximum atomic E-state index is 13.9. The largest absolute Gasteiger partial charge is 0.352 e. The van der Waals surface area contributed by atoms with Crippen molar-refractivity contribution >= 4 is 50.1 Å². The van der Waals surface area contributed by atoms with E-state index in [1.165, 1.54) is 29.2 Å². The van der Waals surface area contributed by atoms with Gasteiger partial charge in [-0.1, -0.05) is 43.2 Å². The zero-order valence-electron chi connectivity index (χ0n) is 21.6. The Balaban J connectivity index is 1.66. The zero-order valence-corrected chi connectivity index (χ0v) is 24.6. The van der Waals surface area contributed by atoms with E-state index in [4.69, 9.17) is 0 Å². The van der Waals surface area contributed by atoms with E-state index in [1.54, 1.807) is 61.5 Å². The van der Waals surface area contributed by atoms with Gasteiger partial charge in [-0.25, -0.2) is 12.8 Å². The van der Waals surface area contributed by atoms with E-state index in [9.17, 15) is 22.4 Å². The molecule has 206 valence electrons. The van der Waals surface area contributed by atoms with E-state index in [1.807, 2.05) is 0 Å². The fourth-order valence-electron chi connectivity index (χ4n) is 4.62. The molecule has 1 fully saturated rings. The number of hydrogen-bond donors (Lipinski definition) is 1. The number of anilines is 1. The molecule has 0 aromatic heterocycles. The molecule has 1 aliphatic carbocycles. The predicted octanol–water partition coefficient (Wildman–Crippen LogP) is 5.10. The van der Waals surface area contributed by atoms with E-state index in [-0.39, 0.29) is 23.4 Å². The fourth-order valence-corrected chi connectivity index (χ4v) is 6.41. The molecule has 1 N–H and O–H groups in total. The Hall–Kier alpha value is -2.99. The lowest BCUT2D eigenvalue weighted by atomic mass is 10.1. The highest BCUT2D eigenvalue weighted by molar-refractivity contribution is 14.1. The first-order chi connectivity index (χ1) is 18.6. The lowest BCUT2D eigenvalue weighted by molar-refractivity contribution is -0.139. The van der Waals surface area contributed by atoms with Crippen molar-refractivity contribution in [2.24, 2.45) is 0 Å². The fraction of sp³-hybridized carbons (Fsp3) is 0.310. The molecule has 0 saturated heterocycles. The van der Waals surface area contributed by atoms with Crippen molar-refractivity contribution in [2.45, 2.75) is 56.1 Å². The molecule has 1 atom stereocenters. The first-order valence-corrected chi connectivity index (χ1v) is 15.3. The quantitative estimate of drug-likeness (QED) is 0.306. The number of carbonyl (C=O) groups is 2. The van der Waals surface area contributed by atoms with Crippen LogP contribution in [0.1, 0.15) is 38.2 Å². The molecule has 39 heavy (non-hydrogen) atoms. The van der Waals surface area contributed by atoms with E-state index in [0.29, 0.717) is 11.3 Å². The Morgan fingerprint density at radius 2 is 1.59 bits per heavy atom. The van der Waals surface area contributed by atoms with Crippen molar-refractivity contribution in [3.05, 3.63) is 93.8 Å². The van der Waals surface area contributed by atoms with Crippen LogP contribution >= 0.6 is 22.6 Å². The minimum Gasteiger partial charge on any atom is -0.352 e. The minimum absolute atomic E-state index is 0.0181. The summed E-state index contributed by atoms with van der Waals surface area (Å²) in [4.78, 5) is 28.5. The summed E-state index contributed by atoms with van der Waals surface area (Å²) in [5.74, 6) is -1.27. The summed E-state index contributed by atoms with van der Waals surface area (Å²) >= 11 is 2.12. The number of halogens is 2. The Bertz CT molecular complexity index is 1380. The number of nitrogens with zero attached hydrogens (tertiary/aromatic N) is 2. The maximum Gasteiger partial charge on any atom is 0.264 e. The summed E-state index contributed by atoms with van der Waals surface area (Å²) in [5, 5.41) is 3.03. The predicted molar refractivity (Wildman–Crippen MR) is 157 cm³/mol. The summed E-state index contributed by atoms with van der Waals surface area (Å²) in [6.45, 7) is 1.14. The van der Waals surface area contributed by atoms with Crippen molar-refractivity contribution in [1.29, 1.82) is 0 Å². The molecule has 0 radical (unpaired) electrons. The van der Waals surface area contributed by atoms with E-state index >= 15 is 0 Å². The van der Waals surface area contributed by atoms with Crippen molar-refractivity contribution in [3.63, 3.8) is 0 Å². The summed E-state index contributed by atoms with van der Waals surface area (Å²) in [5.41, 5.74) is 0.953. The second-order valence-corrected chi connectivity index (χ2v) is 12.7. The van der Waals surface area contributed by atoms with Crippen molar-refractivity contribution in [2.75, 3.05) is 10.8 Å². The van der Waals surface area contributed by atoms with Gasteiger partial charge in [-0.05, 0) is 96.5 Å². The highest BCUT2D eigenvalue weighted by Crippen LogP contribution is 2.25. The molecule has 0 aliphatic heterocycles. The smallest absolute Gasteiger partial charge is 0.264 e. The van der Waals surface area contributed by atoms with Gasteiger partial charge < -0.3 is 10.2 Å². The standard InChI is InChI=1S/C29H31FIN3O4S/c1-21(29(36)32-25-7-5-6-8-25)33(19-22-11-13-23(30)14-12-22)28(35)20-34(26-17-15-24(31)16-18-26)39(37,38)27-9-3-2-4-10-27/h2-4,9-18,21,25H,5-8,19-20H2,1H3,(H,32,36)/t21-/m1/s1. The zero-order chi connectivity index (χ0) is 28.0. The molecule has 10 heteroatoms. The Labute approximate surface area is 242 Å². The van der Waals surface area contributed by atoms with E-state index in [2.05, 4.69) is 27.9 Å². The number of benzene rings is 3. The maximum absolute atomic E-state index is 13.9. The number of nitrogens with one attached hydrogen (secondary N) is 1. The second kappa shape index (κ2) is 12.9. The van der Waals surface area contributed by atoms with Crippen LogP contribution in [-0.4, -0.2) is 43.8 Å². The van der Waals surface area contributed by atoms with Crippen LogP contribution in [0.15, 0.2) is 83.8 Å². The summed E-state index contributed by atoms with van der Waals surface area (Å²) < 4.78 is 43.0. The topological polar surface area (TPSA) is 86.8 Å². The van der Waals surface area contributed by atoms with Crippen LogP contribution < -0.4 is 9.62 Å². The molecule has 1 aliphatic rings. The van der Waals surface area contributed by atoms with Gasteiger partial charge in [-0.3, -0.25) is 13.9 Å². The van der Waals surface area contributed by atoms with Crippen LogP contribution in [0.5, 0.6) is 0 Å². The van der Waals surface area contributed by atoms with Gasteiger partial charge in [0.2, 0.25) is 11.8 Å². The number of sulfonamides is 1. The highest BCUT2D eigenvalue weighted by Gasteiger charge is 2.33. The highest BCUT2D eigenvalue weighted by atomic mass is 127. The first kappa shape index (κ1) is 29.0. The van der Waals surface area contributed by atoms with Gasteiger partial charge >= 0.3 is 0 Å². The normalized spacial score (nSPS) is 14.5. The molecule has 4 rings (SSSR count). The lowest BCUT2D eigenvalue weighted by Crippen LogP contribution is -2.52. The lowest BCUT2D eigenvalue weighted by Gasteiger charge is -2.32. The molecule has 0 unspecified atom stereocenters. The van der Waals surface area contributed by atoms with Crippen molar-refractivity contribution < 1.29 is 22.4 Å². The number of hydrogen-bond acceptors (Lipinski definition) is 4. The molecular formula is C29H31FIN3O4S. The van der Waals surface area contributed by atoms with Gasteiger partial charge in [0.05, 0.1) is 10.6 Å². The molecular weight excluding hydrogens is 632 g/mol. The van der Waals surface area contributed by atoms with Crippen molar-refractivity contribution in [1.82, 2.24) is 10.2 Å². The number of rotatable bonds is 10. The van der Waals surface area contributed by atoms with Gasteiger partial charge in [-0.2, -0.15) is 0 Å². The van der Waals surface area contributed by atoms with Gasteiger partial charge in [0.25, 0.3) is 10.0 Å². The van der Waals surface area contributed by atoms with Gasteiger partial charge in [0.1, 0.15) is 18.4 Å². The van der Waals surface area contributed by atoms with Gasteiger partial charge in [-0.15, -0.1) is 0 Å². The van der Waals surface area contributed by atoms with Gasteiger partial charge in [0.15, 0.2) is 0 Å². The molecule has 1 saturated carbocycles. The number of carbonyl (C=O) groups excluding carboxylic acids is 2. The molecule has 0 spiro atoms.